The molecule has 110 valence electrons. The van der Waals surface area contributed by atoms with Crippen molar-refractivity contribution >= 4 is 11.9 Å². The molecule has 0 aliphatic carbocycles. The molecule has 0 aromatic rings. The van der Waals surface area contributed by atoms with Crippen LogP contribution in [0.25, 0.3) is 0 Å². The van der Waals surface area contributed by atoms with Crippen molar-refractivity contribution in [1.82, 2.24) is 10.2 Å². The lowest BCUT2D eigenvalue weighted by Crippen LogP contribution is -2.46. The zero-order valence-electron chi connectivity index (χ0n) is 12.2. The quantitative estimate of drug-likeness (QED) is 0.764. The first kappa shape index (κ1) is 16.0. The number of carbonyl (C=O) groups is 2. The van der Waals surface area contributed by atoms with E-state index in [2.05, 4.69) is 26.1 Å². The predicted molar refractivity (Wildman–Crippen MR) is 73.9 cm³/mol. The summed E-state index contributed by atoms with van der Waals surface area (Å²) in [4.78, 5) is 24.6. The van der Waals surface area contributed by atoms with E-state index in [1.807, 2.05) is 0 Å². The molecule has 5 nitrogen and oxygen atoms in total. The molecule has 1 aliphatic heterocycles. The zero-order valence-corrected chi connectivity index (χ0v) is 12.2. The molecule has 1 heterocycles. The number of piperidine rings is 1. The summed E-state index contributed by atoms with van der Waals surface area (Å²) in [7, 11) is 0. The van der Waals surface area contributed by atoms with Crippen molar-refractivity contribution in [2.75, 3.05) is 19.6 Å². The van der Waals surface area contributed by atoms with Crippen LogP contribution in [0.2, 0.25) is 0 Å². The van der Waals surface area contributed by atoms with Crippen molar-refractivity contribution in [2.24, 2.45) is 11.8 Å². The number of carboxylic acid groups (broad SMARTS) is 1. The van der Waals surface area contributed by atoms with E-state index in [0.717, 1.165) is 6.42 Å². The van der Waals surface area contributed by atoms with Gasteiger partial charge in [0.15, 0.2) is 0 Å². The molecule has 1 amide bonds. The summed E-state index contributed by atoms with van der Waals surface area (Å²) < 4.78 is 0. The minimum atomic E-state index is -0.740. The van der Waals surface area contributed by atoms with Gasteiger partial charge in [0.1, 0.15) is 0 Å². The fourth-order valence-electron chi connectivity index (χ4n) is 2.29. The highest BCUT2D eigenvalue weighted by molar-refractivity contribution is 5.79. The number of carboxylic acids is 1. The molecule has 0 spiro atoms. The number of nitrogens with one attached hydrogen (secondary N) is 1. The number of rotatable bonds is 6. The van der Waals surface area contributed by atoms with Crippen LogP contribution in [0, 0.1) is 11.8 Å². The van der Waals surface area contributed by atoms with E-state index in [0.29, 0.717) is 44.4 Å². The van der Waals surface area contributed by atoms with Gasteiger partial charge in [-0.1, -0.05) is 20.3 Å². The highest BCUT2D eigenvalue weighted by atomic mass is 16.4. The van der Waals surface area contributed by atoms with E-state index >= 15 is 0 Å². The second kappa shape index (κ2) is 7.48. The first-order chi connectivity index (χ1) is 8.95. The molecular formula is C14H26N2O3. The highest BCUT2D eigenvalue weighted by Crippen LogP contribution is 2.17. The normalized spacial score (nSPS) is 20.1. The summed E-state index contributed by atoms with van der Waals surface area (Å²) in [6.07, 6.45) is 2.23. The maximum atomic E-state index is 12.0. The molecule has 1 aliphatic rings. The SMILES string of the molecule is CCC(C)C(C)NCC(=O)N1CCC(C(=O)O)CC1. The van der Waals surface area contributed by atoms with Crippen LogP contribution in [0.15, 0.2) is 0 Å². The lowest BCUT2D eigenvalue weighted by Gasteiger charge is -2.31. The molecule has 1 saturated heterocycles. The summed E-state index contributed by atoms with van der Waals surface area (Å²) in [5.74, 6) is -0.392. The van der Waals surface area contributed by atoms with Gasteiger partial charge in [-0.05, 0) is 25.7 Å². The third-order valence-corrected chi connectivity index (χ3v) is 4.27. The Balaban J connectivity index is 2.30. The van der Waals surface area contributed by atoms with E-state index in [1.165, 1.54) is 0 Å². The lowest BCUT2D eigenvalue weighted by atomic mass is 9.97. The average Bonchev–Trinajstić information content (AvgIpc) is 2.43. The molecule has 2 N–H and O–H groups in total. The Morgan fingerprint density at radius 1 is 1.32 bits per heavy atom. The molecule has 2 unspecified atom stereocenters. The molecule has 5 heteroatoms. The maximum absolute atomic E-state index is 12.0. The van der Waals surface area contributed by atoms with E-state index in [4.69, 9.17) is 5.11 Å². The van der Waals surface area contributed by atoms with Gasteiger partial charge in [0.25, 0.3) is 0 Å². The molecule has 1 rings (SSSR count). The minimum Gasteiger partial charge on any atom is -0.481 e. The van der Waals surface area contributed by atoms with Gasteiger partial charge in [0, 0.05) is 19.1 Å². The number of carbonyl (C=O) groups excluding carboxylic acids is 1. The molecule has 0 aromatic heterocycles. The van der Waals surface area contributed by atoms with E-state index in [9.17, 15) is 9.59 Å². The zero-order chi connectivity index (χ0) is 14.4. The second-order valence-electron chi connectivity index (χ2n) is 5.55. The van der Waals surface area contributed by atoms with Crippen LogP contribution in [0.4, 0.5) is 0 Å². The average molecular weight is 270 g/mol. The summed E-state index contributed by atoms with van der Waals surface area (Å²) >= 11 is 0. The smallest absolute Gasteiger partial charge is 0.306 e. The van der Waals surface area contributed by atoms with Gasteiger partial charge >= 0.3 is 5.97 Å². The fourth-order valence-corrected chi connectivity index (χ4v) is 2.29. The summed E-state index contributed by atoms with van der Waals surface area (Å²) in [6.45, 7) is 7.88. The maximum Gasteiger partial charge on any atom is 0.306 e. The number of aliphatic carboxylic acids is 1. The van der Waals surface area contributed by atoms with Crippen LogP contribution < -0.4 is 5.32 Å². The van der Waals surface area contributed by atoms with Crippen LogP contribution in [0.5, 0.6) is 0 Å². The molecular weight excluding hydrogens is 244 g/mol. The highest BCUT2D eigenvalue weighted by Gasteiger charge is 2.26. The van der Waals surface area contributed by atoms with Crippen LogP contribution >= 0.6 is 0 Å². The Morgan fingerprint density at radius 3 is 2.37 bits per heavy atom. The second-order valence-corrected chi connectivity index (χ2v) is 5.55. The van der Waals surface area contributed by atoms with Crippen molar-refractivity contribution < 1.29 is 14.7 Å². The van der Waals surface area contributed by atoms with Gasteiger partial charge in [-0.3, -0.25) is 9.59 Å². The topological polar surface area (TPSA) is 69.6 Å². The Labute approximate surface area is 115 Å². The number of amides is 1. The number of hydrogen-bond acceptors (Lipinski definition) is 3. The van der Waals surface area contributed by atoms with Crippen molar-refractivity contribution in [3.05, 3.63) is 0 Å². The Bertz CT molecular complexity index is 312. The van der Waals surface area contributed by atoms with Gasteiger partial charge in [-0.25, -0.2) is 0 Å². The van der Waals surface area contributed by atoms with E-state index < -0.39 is 5.97 Å². The third-order valence-electron chi connectivity index (χ3n) is 4.27. The summed E-state index contributed by atoms with van der Waals surface area (Å²) in [5, 5.41) is 12.2. The molecule has 2 atom stereocenters. The summed E-state index contributed by atoms with van der Waals surface area (Å²) in [6, 6.07) is 0.325. The molecule has 0 radical (unpaired) electrons. The van der Waals surface area contributed by atoms with Gasteiger partial charge in [-0.15, -0.1) is 0 Å². The third kappa shape index (κ3) is 4.82. The van der Waals surface area contributed by atoms with Crippen LogP contribution in [-0.2, 0) is 9.59 Å². The van der Waals surface area contributed by atoms with Crippen molar-refractivity contribution in [3.63, 3.8) is 0 Å². The Morgan fingerprint density at radius 2 is 1.89 bits per heavy atom. The van der Waals surface area contributed by atoms with Gasteiger partial charge in [-0.2, -0.15) is 0 Å². The van der Waals surface area contributed by atoms with Crippen molar-refractivity contribution in [1.29, 1.82) is 0 Å². The van der Waals surface area contributed by atoms with Crippen LogP contribution in [0.1, 0.15) is 40.0 Å². The van der Waals surface area contributed by atoms with Gasteiger partial charge in [0.2, 0.25) is 5.91 Å². The van der Waals surface area contributed by atoms with E-state index in [-0.39, 0.29) is 11.8 Å². The van der Waals surface area contributed by atoms with Gasteiger partial charge in [0.05, 0.1) is 12.5 Å². The number of hydrogen-bond donors (Lipinski definition) is 2. The van der Waals surface area contributed by atoms with E-state index in [1.54, 1.807) is 4.90 Å². The first-order valence-corrected chi connectivity index (χ1v) is 7.19. The standard InChI is InChI=1S/C14H26N2O3/c1-4-10(2)11(3)15-9-13(17)16-7-5-12(6-8-16)14(18)19/h10-12,15H,4-9H2,1-3H3,(H,18,19). The first-order valence-electron chi connectivity index (χ1n) is 7.19. The molecule has 0 aromatic carbocycles. The van der Waals surface area contributed by atoms with Crippen molar-refractivity contribution in [2.45, 2.75) is 46.1 Å². The lowest BCUT2D eigenvalue weighted by molar-refractivity contribution is -0.145. The predicted octanol–water partition coefficient (Wildman–Crippen LogP) is 1.33. The number of likely N-dealkylation sites (tertiary alicyclic amines) is 1. The van der Waals surface area contributed by atoms with Crippen LogP contribution in [0.3, 0.4) is 0 Å². The molecule has 0 bridgehead atoms. The molecule has 1 fully saturated rings. The summed E-state index contributed by atoms with van der Waals surface area (Å²) in [5.41, 5.74) is 0. The minimum absolute atomic E-state index is 0.0824. The van der Waals surface area contributed by atoms with Crippen LogP contribution in [-0.4, -0.2) is 47.6 Å². The van der Waals surface area contributed by atoms with Crippen molar-refractivity contribution in [3.8, 4) is 0 Å². The monoisotopic (exact) mass is 270 g/mol. The fraction of sp³-hybridized carbons (Fsp3) is 0.857. The molecule has 19 heavy (non-hydrogen) atoms. The Kier molecular flexibility index (Phi) is 6.28. The Hall–Kier alpha value is -1.10. The number of nitrogens with zero attached hydrogens (tertiary/aromatic N) is 1. The largest absolute Gasteiger partial charge is 0.481 e. The van der Waals surface area contributed by atoms with Gasteiger partial charge < -0.3 is 15.3 Å². The molecule has 0 saturated carbocycles.